The number of carboxylic acid groups (broad SMARTS) is 1. The van der Waals surface area contributed by atoms with E-state index in [1.54, 1.807) is 14.0 Å². The summed E-state index contributed by atoms with van der Waals surface area (Å²) in [6.07, 6.45) is 0.809. The maximum atomic E-state index is 12.0. The summed E-state index contributed by atoms with van der Waals surface area (Å²) in [5.74, 6) is -1.65. The molecule has 0 aromatic heterocycles. The molecule has 0 aliphatic heterocycles. The Morgan fingerprint density at radius 3 is 2.28 bits per heavy atom. The number of hydrogen-bond donors (Lipinski definition) is 1. The number of rotatable bonds is 5. The zero-order valence-corrected chi connectivity index (χ0v) is 11.0. The van der Waals surface area contributed by atoms with Gasteiger partial charge < -0.3 is 10.0 Å². The quantitative estimate of drug-likeness (QED) is 0.871. The van der Waals surface area contributed by atoms with Crippen molar-refractivity contribution in [2.75, 3.05) is 11.9 Å². The standard InChI is InChI=1S/C14H19NO3/c1-4-11-5-7-12(8-6-11)15(3)14(18)10(2)9-13(16)17/h5-8,10H,4,9H2,1-3H3,(H,16,17). The van der Waals surface area contributed by atoms with E-state index in [1.807, 2.05) is 24.3 Å². The highest BCUT2D eigenvalue weighted by Gasteiger charge is 2.20. The predicted molar refractivity (Wildman–Crippen MR) is 70.6 cm³/mol. The minimum Gasteiger partial charge on any atom is -0.481 e. The van der Waals surface area contributed by atoms with Gasteiger partial charge in [0, 0.05) is 18.7 Å². The molecule has 1 rings (SSSR count). The number of carbonyl (C=O) groups is 2. The minimum atomic E-state index is -0.953. The Hall–Kier alpha value is -1.84. The molecule has 0 bridgehead atoms. The molecule has 1 atom stereocenters. The number of hydrogen-bond acceptors (Lipinski definition) is 2. The van der Waals surface area contributed by atoms with Crippen LogP contribution < -0.4 is 4.90 Å². The van der Waals surface area contributed by atoms with Gasteiger partial charge in [-0.2, -0.15) is 0 Å². The van der Waals surface area contributed by atoms with Gasteiger partial charge in [0.25, 0.3) is 0 Å². The fourth-order valence-electron chi connectivity index (χ4n) is 1.76. The van der Waals surface area contributed by atoms with Crippen LogP contribution in [0.1, 0.15) is 25.8 Å². The lowest BCUT2D eigenvalue weighted by Crippen LogP contribution is -2.32. The van der Waals surface area contributed by atoms with Crippen LogP contribution in [0.5, 0.6) is 0 Å². The predicted octanol–water partition coefficient (Wildman–Crippen LogP) is 2.32. The van der Waals surface area contributed by atoms with Crippen molar-refractivity contribution in [2.24, 2.45) is 5.92 Å². The van der Waals surface area contributed by atoms with Gasteiger partial charge in [0.15, 0.2) is 0 Å². The fraction of sp³-hybridized carbons (Fsp3) is 0.429. The molecule has 4 heteroatoms. The molecule has 1 N–H and O–H groups in total. The molecule has 0 saturated carbocycles. The molecule has 18 heavy (non-hydrogen) atoms. The Kier molecular flexibility index (Phi) is 4.89. The van der Waals surface area contributed by atoms with Crippen molar-refractivity contribution in [3.05, 3.63) is 29.8 Å². The van der Waals surface area contributed by atoms with E-state index in [9.17, 15) is 9.59 Å². The van der Waals surface area contributed by atoms with Crippen molar-refractivity contribution < 1.29 is 14.7 Å². The van der Waals surface area contributed by atoms with E-state index in [0.717, 1.165) is 12.1 Å². The summed E-state index contributed by atoms with van der Waals surface area (Å²) in [7, 11) is 1.67. The van der Waals surface area contributed by atoms with Gasteiger partial charge in [-0.1, -0.05) is 26.0 Å². The minimum absolute atomic E-state index is 0.143. The van der Waals surface area contributed by atoms with Crippen LogP contribution in [0.25, 0.3) is 0 Å². The normalized spacial score (nSPS) is 11.9. The molecular weight excluding hydrogens is 230 g/mol. The fourth-order valence-corrected chi connectivity index (χ4v) is 1.76. The zero-order valence-electron chi connectivity index (χ0n) is 11.0. The van der Waals surface area contributed by atoms with Crippen molar-refractivity contribution >= 4 is 17.6 Å². The van der Waals surface area contributed by atoms with Crippen LogP contribution >= 0.6 is 0 Å². The smallest absolute Gasteiger partial charge is 0.304 e. The molecule has 1 aromatic rings. The van der Waals surface area contributed by atoms with Gasteiger partial charge in [0.1, 0.15) is 0 Å². The number of carboxylic acids is 1. The number of aliphatic carboxylic acids is 1. The molecule has 0 radical (unpaired) electrons. The summed E-state index contributed by atoms with van der Waals surface area (Å²) in [4.78, 5) is 24.1. The lowest BCUT2D eigenvalue weighted by molar-refractivity contribution is -0.140. The Bertz CT molecular complexity index is 425. The van der Waals surface area contributed by atoms with Gasteiger partial charge in [-0.25, -0.2) is 0 Å². The third kappa shape index (κ3) is 3.58. The highest BCUT2D eigenvalue weighted by molar-refractivity contribution is 5.95. The number of benzene rings is 1. The molecule has 98 valence electrons. The first-order chi connectivity index (χ1) is 8.45. The Labute approximate surface area is 107 Å². The van der Waals surface area contributed by atoms with Crippen LogP contribution in [0.2, 0.25) is 0 Å². The third-order valence-corrected chi connectivity index (χ3v) is 2.96. The first kappa shape index (κ1) is 14.2. The summed E-state index contributed by atoms with van der Waals surface area (Å²) >= 11 is 0. The van der Waals surface area contributed by atoms with Crippen molar-refractivity contribution in [1.29, 1.82) is 0 Å². The number of aryl methyl sites for hydroxylation is 1. The molecule has 0 spiro atoms. The highest BCUT2D eigenvalue weighted by atomic mass is 16.4. The summed E-state index contributed by atoms with van der Waals surface area (Å²) in [5, 5.41) is 8.68. The average Bonchev–Trinajstić information content (AvgIpc) is 2.36. The second-order valence-corrected chi connectivity index (χ2v) is 4.42. The summed E-state index contributed by atoms with van der Waals surface area (Å²) in [5.41, 5.74) is 1.99. The van der Waals surface area contributed by atoms with Gasteiger partial charge in [-0.3, -0.25) is 9.59 Å². The van der Waals surface area contributed by atoms with Crippen LogP contribution in [-0.4, -0.2) is 24.0 Å². The monoisotopic (exact) mass is 249 g/mol. The third-order valence-electron chi connectivity index (χ3n) is 2.96. The van der Waals surface area contributed by atoms with Crippen LogP contribution in [0.15, 0.2) is 24.3 Å². The van der Waals surface area contributed by atoms with E-state index in [4.69, 9.17) is 5.11 Å². The lowest BCUT2D eigenvalue weighted by atomic mass is 10.1. The largest absolute Gasteiger partial charge is 0.481 e. The molecule has 0 aliphatic carbocycles. The summed E-state index contributed by atoms with van der Waals surface area (Å²) < 4.78 is 0. The number of carbonyl (C=O) groups excluding carboxylic acids is 1. The maximum Gasteiger partial charge on any atom is 0.304 e. The van der Waals surface area contributed by atoms with Crippen molar-refractivity contribution in [3.8, 4) is 0 Å². The van der Waals surface area contributed by atoms with Crippen LogP contribution in [-0.2, 0) is 16.0 Å². The molecule has 0 saturated heterocycles. The Balaban J connectivity index is 2.75. The van der Waals surface area contributed by atoms with Gasteiger partial charge in [0.05, 0.1) is 6.42 Å². The first-order valence-corrected chi connectivity index (χ1v) is 6.04. The Morgan fingerprint density at radius 2 is 1.83 bits per heavy atom. The number of anilines is 1. The second kappa shape index (κ2) is 6.19. The van der Waals surface area contributed by atoms with E-state index >= 15 is 0 Å². The summed E-state index contributed by atoms with van der Waals surface area (Å²) in [6.45, 7) is 3.70. The molecule has 0 heterocycles. The van der Waals surface area contributed by atoms with Crippen LogP contribution in [0.3, 0.4) is 0 Å². The van der Waals surface area contributed by atoms with Crippen LogP contribution in [0, 0.1) is 5.92 Å². The molecule has 1 aromatic carbocycles. The SMILES string of the molecule is CCc1ccc(N(C)C(=O)C(C)CC(=O)O)cc1. The maximum absolute atomic E-state index is 12.0. The van der Waals surface area contributed by atoms with Gasteiger partial charge in [-0.15, -0.1) is 0 Å². The molecular formula is C14H19NO3. The zero-order chi connectivity index (χ0) is 13.7. The van der Waals surface area contributed by atoms with E-state index in [1.165, 1.54) is 10.5 Å². The van der Waals surface area contributed by atoms with Gasteiger partial charge >= 0.3 is 5.97 Å². The topological polar surface area (TPSA) is 57.6 Å². The van der Waals surface area contributed by atoms with E-state index in [2.05, 4.69) is 6.92 Å². The van der Waals surface area contributed by atoms with E-state index in [-0.39, 0.29) is 12.3 Å². The summed E-state index contributed by atoms with van der Waals surface area (Å²) in [6, 6.07) is 7.70. The number of amides is 1. The van der Waals surface area contributed by atoms with Crippen molar-refractivity contribution in [1.82, 2.24) is 0 Å². The average molecular weight is 249 g/mol. The van der Waals surface area contributed by atoms with Crippen molar-refractivity contribution in [2.45, 2.75) is 26.7 Å². The first-order valence-electron chi connectivity index (χ1n) is 6.04. The van der Waals surface area contributed by atoms with Crippen LogP contribution in [0.4, 0.5) is 5.69 Å². The molecule has 1 unspecified atom stereocenters. The molecule has 0 aliphatic rings. The molecule has 0 fully saturated rings. The van der Waals surface area contributed by atoms with Crippen molar-refractivity contribution in [3.63, 3.8) is 0 Å². The Morgan fingerprint density at radius 1 is 1.28 bits per heavy atom. The van der Waals surface area contributed by atoms with Gasteiger partial charge in [0.2, 0.25) is 5.91 Å². The van der Waals surface area contributed by atoms with Gasteiger partial charge in [-0.05, 0) is 24.1 Å². The number of nitrogens with zero attached hydrogens (tertiary/aromatic N) is 1. The molecule has 4 nitrogen and oxygen atoms in total. The lowest BCUT2D eigenvalue weighted by Gasteiger charge is -2.21. The highest BCUT2D eigenvalue weighted by Crippen LogP contribution is 2.17. The second-order valence-electron chi connectivity index (χ2n) is 4.42. The molecule has 1 amide bonds. The van der Waals surface area contributed by atoms with E-state index < -0.39 is 11.9 Å². The van der Waals surface area contributed by atoms with E-state index in [0.29, 0.717) is 0 Å².